The topological polar surface area (TPSA) is 20.3 Å². The van der Waals surface area contributed by atoms with Crippen LogP contribution in [0.1, 0.15) is 31.4 Å². The van der Waals surface area contributed by atoms with E-state index < -0.39 is 0 Å². The summed E-state index contributed by atoms with van der Waals surface area (Å²) in [6.45, 7) is 6.90. The van der Waals surface area contributed by atoms with Crippen LogP contribution in [0.25, 0.3) is 0 Å². The molecule has 2 rings (SSSR count). The largest absolute Gasteiger partial charge is 0.312 e. The zero-order valence-electron chi connectivity index (χ0n) is 10.3. The number of aryl methyl sites for hydroxylation is 2. The number of rotatable bonds is 1. The smallest absolute Gasteiger partial charge is 0.229 e. The number of hydrogen-bond donors (Lipinski definition) is 0. The second kappa shape index (κ2) is 4.28. The highest BCUT2D eigenvalue weighted by molar-refractivity contribution is 5.95. The lowest BCUT2D eigenvalue weighted by Gasteiger charge is -2.31. The number of fused-ring (bicyclic) bond motifs is 1. The molecule has 0 bridgehead atoms. The zero-order chi connectivity index (χ0) is 11.7. The fourth-order valence-electron chi connectivity index (χ4n) is 2.27. The van der Waals surface area contributed by atoms with Gasteiger partial charge in [0.05, 0.1) is 0 Å². The molecule has 0 unspecified atom stereocenters. The van der Waals surface area contributed by atoms with Gasteiger partial charge in [-0.15, -0.1) is 0 Å². The lowest BCUT2D eigenvalue weighted by atomic mass is 9.98. The molecule has 1 aliphatic heterocycles. The Morgan fingerprint density at radius 3 is 2.81 bits per heavy atom. The van der Waals surface area contributed by atoms with E-state index in [4.69, 9.17) is 0 Å². The van der Waals surface area contributed by atoms with Crippen LogP contribution in [0, 0.1) is 12.8 Å². The molecule has 2 heteroatoms. The Hall–Kier alpha value is -1.31. The Bertz CT molecular complexity index is 409. The van der Waals surface area contributed by atoms with E-state index in [0.717, 1.165) is 25.1 Å². The van der Waals surface area contributed by atoms with E-state index in [9.17, 15) is 4.79 Å². The molecule has 0 spiro atoms. The number of amides is 1. The summed E-state index contributed by atoms with van der Waals surface area (Å²) >= 11 is 0. The van der Waals surface area contributed by atoms with Crippen LogP contribution in [0.15, 0.2) is 18.2 Å². The van der Waals surface area contributed by atoms with Crippen LogP contribution in [0.4, 0.5) is 5.69 Å². The highest BCUT2D eigenvalue weighted by Crippen LogP contribution is 2.28. The second-order valence-corrected chi connectivity index (χ2v) is 4.88. The Morgan fingerprint density at radius 2 is 2.12 bits per heavy atom. The zero-order valence-corrected chi connectivity index (χ0v) is 10.3. The first-order valence-corrected chi connectivity index (χ1v) is 6.00. The molecule has 1 aromatic carbocycles. The van der Waals surface area contributed by atoms with E-state index in [1.54, 1.807) is 0 Å². The van der Waals surface area contributed by atoms with E-state index in [-0.39, 0.29) is 11.8 Å². The SMILES string of the molecule is Cc1ccc2c(c1)CCCN2C(=O)C(C)C. The van der Waals surface area contributed by atoms with Crippen molar-refractivity contribution < 1.29 is 4.79 Å². The van der Waals surface area contributed by atoms with Gasteiger partial charge in [-0.25, -0.2) is 0 Å². The molecule has 0 saturated carbocycles. The quantitative estimate of drug-likeness (QED) is 0.708. The van der Waals surface area contributed by atoms with Crippen LogP contribution in [0.3, 0.4) is 0 Å². The van der Waals surface area contributed by atoms with Crippen molar-refractivity contribution in [3.05, 3.63) is 29.3 Å². The van der Waals surface area contributed by atoms with Gasteiger partial charge in [0.1, 0.15) is 0 Å². The lowest BCUT2D eigenvalue weighted by molar-refractivity contribution is -0.121. The summed E-state index contributed by atoms with van der Waals surface area (Å²) in [6.07, 6.45) is 2.17. The maximum atomic E-state index is 12.1. The third-order valence-electron chi connectivity index (χ3n) is 3.11. The van der Waals surface area contributed by atoms with Gasteiger partial charge >= 0.3 is 0 Å². The molecule has 0 N–H and O–H groups in total. The van der Waals surface area contributed by atoms with Crippen molar-refractivity contribution in [2.24, 2.45) is 5.92 Å². The minimum atomic E-state index is 0.0762. The summed E-state index contributed by atoms with van der Waals surface area (Å²) in [5.41, 5.74) is 3.72. The molecule has 1 aliphatic rings. The molecule has 1 heterocycles. The summed E-state index contributed by atoms with van der Waals surface area (Å²) in [6, 6.07) is 6.38. The summed E-state index contributed by atoms with van der Waals surface area (Å²) in [5, 5.41) is 0. The van der Waals surface area contributed by atoms with E-state index in [1.165, 1.54) is 11.1 Å². The van der Waals surface area contributed by atoms with Crippen molar-refractivity contribution in [2.45, 2.75) is 33.6 Å². The minimum absolute atomic E-state index is 0.0762. The van der Waals surface area contributed by atoms with Gasteiger partial charge in [0.2, 0.25) is 5.91 Å². The molecular weight excluding hydrogens is 198 g/mol. The normalized spacial score (nSPS) is 15.1. The molecule has 16 heavy (non-hydrogen) atoms. The van der Waals surface area contributed by atoms with Crippen LogP contribution >= 0.6 is 0 Å². The fraction of sp³-hybridized carbons (Fsp3) is 0.500. The number of hydrogen-bond acceptors (Lipinski definition) is 1. The van der Waals surface area contributed by atoms with Gasteiger partial charge in [-0.3, -0.25) is 4.79 Å². The number of carbonyl (C=O) groups is 1. The molecule has 0 aromatic heterocycles. The van der Waals surface area contributed by atoms with E-state index in [0.29, 0.717) is 0 Å². The maximum Gasteiger partial charge on any atom is 0.229 e. The van der Waals surface area contributed by atoms with Gasteiger partial charge in [0.25, 0.3) is 0 Å². The van der Waals surface area contributed by atoms with Crippen LogP contribution < -0.4 is 4.90 Å². The second-order valence-electron chi connectivity index (χ2n) is 4.88. The molecule has 2 nitrogen and oxygen atoms in total. The van der Waals surface area contributed by atoms with E-state index >= 15 is 0 Å². The van der Waals surface area contributed by atoms with Crippen molar-refractivity contribution in [2.75, 3.05) is 11.4 Å². The van der Waals surface area contributed by atoms with Gasteiger partial charge < -0.3 is 4.90 Å². The summed E-state index contributed by atoms with van der Waals surface area (Å²) in [5.74, 6) is 0.317. The molecule has 0 aliphatic carbocycles. The van der Waals surface area contributed by atoms with Crippen LogP contribution in [-0.2, 0) is 11.2 Å². The molecule has 1 amide bonds. The Balaban J connectivity index is 2.37. The highest BCUT2D eigenvalue weighted by atomic mass is 16.2. The first-order valence-electron chi connectivity index (χ1n) is 6.00. The van der Waals surface area contributed by atoms with Crippen LogP contribution in [0.5, 0.6) is 0 Å². The molecule has 0 atom stereocenters. The molecule has 0 fully saturated rings. The number of nitrogens with zero attached hydrogens (tertiary/aromatic N) is 1. The maximum absolute atomic E-state index is 12.1. The average molecular weight is 217 g/mol. The predicted molar refractivity (Wildman–Crippen MR) is 66.7 cm³/mol. The molecule has 0 radical (unpaired) electrons. The number of benzene rings is 1. The lowest BCUT2D eigenvalue weighted by Crippen LogP contribution is -2.38. The minimum Gasteiger partial charge on any atom is -0.312 e. The van der Waals surface area contributed by atoms with Crippen molar-refractivity contribution in [3.8, 4) is 0 Å². The first-order chi connectivity index (χ1) is 7.59. The van der Waals surface area contributed by atoms with Gasteiger partial charge in [0.15, 0.2) is 0 Å². The fourth-order valence-corrected chi connectivity index (χ4v) is 2.27. The predicted octanol–water partition coefficient (Wildman–Crippen LogP) is 2.93. The van der Waals surface area contributed by atoms with Gasteiger partial charge in [-0.1, -0.05) is 31.5 Å². The van der Waals surface area contributed by atoms with Gasteiger partial charge in [-0.2, -0.15) is 0 Å². The Morgan fingerprint density at radius 1 is 1.38 bits per heavy atom. The third-order valence-corrected chi connectivity index (χ3v) is 3.11. The average Bonchev–Trinajstić information content (AvgIpc) is 2.26. The van der Waals surface area contributed by atoms with Crippen LogP contribution in [0.2, 0.25) is 0 Å². The van der Waals surface area contributed by atoms with Crippen molar-refractivity contribution >= 4 is 11.6 Å². The standard InChI is InChI=1S/C14H19NO/c1-10(2)14(16)15-8-4-5-12-9-11(3)6-7-13(12)15/h6-7,9-10H,4-5,8H2,1-3H3. The van der Waals surface area contributed by atoms with E-state index in [2.05, 4.69) is 25.1 Å². The van der Waals surface area contributed by atoms with Gasteiger partial charge in [-0.05, 0) is 31.4 Å². The van der Waals surface area contributed by atoms with Crippen LogP contribution in [-0.4, -0.2) is 12.5 Å². The Kier molecular flexibility index (Phi) is 2.99. The Labute approximate surface area is 97.3 Å². The summed E-state index contributed by atoms with van der Waals surface area (Å²) in [7, 11) is 0. The number of carbonyl (C=O) groups excluding carboxylic acids is 1. The van der Waals surface area contributed by atoms with Crippen molar-refractivity contribution in [3.63, 3.8) is 0 Å². The third kappa shape index (κ3) is 1.97. The summed E-state index contributed by atoms with van der Waals surface area (Å²) in [4.78, 5) is 14.0. The molecular formula is C14H19NO. The first kappa shape index (κ1) is 11.2. The van der Waals surface area contributed by atoms with Crippen molar-refractivity contribution in [1.29, 1.82) is 0 Å². The molecule has 0 saturated heterocycles. The molecule has 86 valence electrons. The molecule has 1 aromatic rings. The summed E-state index contributed by atoms with van der Waals surface area (Å²) < 4.78 is 0. The monoisotopic (exact) mass is 217 g/mol. The van der Waals surface area contributed by atoms with Gasteiger partial charge in [0, 0.05) is 18.2 Å². The number of anilines is 1. The highest BCUT2D eigenvalue weighted by Gasteiger charge is 2.23. The van der Waals surface area contributed by atoms with E-state index in [1.807, 2.05) is 18.7 Å². The van der Waals surface area contributed by atoms with Crippen molar-refractivity contribution in [1.82, 2.24) is 0 Å².